The van der Waals surface area contributed by atoms with Crippen LogP contribution in [0.2, 0.25) is 0 Å². The zero-order chi connectivity index (χ0) is 55.7. The molecule has 0 bridgehead atoms. The standard InChI is InChI=1S/C28H43NO.C22H30.C20H27NO/c1-25(2,3)18-27(7,8)20-11-13-21(14-12-20)29-22-15-16-23(24(30)17-22)28(9,10)19-26(4,5)6;1-17-14-19(15-18-10-8-7-9-11-18)12-13-20(17)22(5,6)16-21(2,3)4;1-19(2,3)14-20(4,5)15-9-11-16(12-10-15)21-17-7-6-8-18(22)13-17/h11-17,29-30H,18-19H2,1-10H3;7-14H,15-16H2,1-6H3;6-13,21-22H,14H2,1-5H3. The molecule has 0 heterocycles. The molecule has 0 unspecified atom stereocenters. The SMILES string of the molecule is CC(C)(C)CC(C)(C)c1ccc(Nc2ccc(C(C)(C)CC(C)(C)C)c(O)c2)cc1.CC(C)(C)CC(C)(C)c1ccc(Nc2cccc(O)c2)cc1.Cc1cc(Cc2ccccc2)ccc1C(C)(C)CC(C)(C)C. The highest BCUT2D eigenvalue weighted by Gasteiger charge is 2.31. The van der Waals surface area contributed by atoms with Crippen LogP contribution in [-0.2, 0) is 28.1 Å². The molecule has 402 valence electrons. The van der Waals surface area contributed by atoms with Crippen LogP contribution >= 0.6 is 0 Å². The molecule has 0 aliphatic heterocycles. The van der Waals surface area contributed by atoms with Gasteiger partial charge in [0.15, 0.2) is 0 Å². The average molecular weight is 1000 g/mol. The quantitative estimate of drug-likeness (QED) is 0.0878. The minimum Gasteiger partial charge on any atom is -0.508 e. The van der Waals surface area contributed by atoms with Crippen molar-refractivity contribution in [3.63, 3.8) is 0 Å². The van der Waals surface area contributed by atoms with Crippen molar-refractivity contribution >= 4 is 22.7 Å². The van der Waals surface area contributed by atoms with Crippen LogP contribution in [-0.4, -0.2) is 10.2 Å². The van der Waals surface area contributed by atoms with Crippen molar-refractivity contribution in [3.8, 4) is 11.5 Å². The zero-order valence-corrected chi connectivity index (χ0v) is 50.2. The molecule has 6 aromatic carbocycles. The third-order valence-electron chi connectivity index (χ3n) is 13.6. The van der Waals surface area contributed by atoms with E-state index < -0.39 is 0 Å². The van der Waals surface area contributed by atoms with Crippen LogP contribution in [0, 0.1) is 28.6 Å². The van der Waals surface area contributed by atoms with Gasteiger partial charge in [0.05, 0.1) is 0 Å². The number of phenolic OH excluding ortho intramolecular Hbond substituents is 2. The van der Waals surface area contributed by atoms with Gasteiger partial charge in [-0.15, -0.1) is 0 Å². The number of phenols is 2. The van der Waals surface area contributed by atoms with Crippen LogP contribution in [0.25, 0.3) is 0 Å². The molecule has 0 aliphatic carbocycles. The minimum absolute atomic E-state index is 0.0822. The fourth-order valence-corrected chi connectivity index (χ4v) is 12.2. The van der Waals surface area contributed by atoms with Gasteiger partial charge in [0.2, 0.25) is 0 Å². The van der Waals surface area contributed by atoms with Crippen LogP contribution in [0.15, 0.2) is 140 Å². The van der Waals surface area contributed by atoms with Gasteiger partial charge in [-0.2, -0.15) is 0 Å². The van der Waals surface area contributed by atoms with Crippen LogP contribution in [0.4, 0.5) is 22.7 Å². The maximum Gasteiger partial charge on any atom is 0.121 e. The first-order chi connectivity index (χ1) is 33.8. The molecule has 0 spiro atoms. The second-order valence-corrected chi connectivity index (χ2v) is 29.0. The fraction of sp³-hybridized carbons (Fsp3) is 0.486. The Kier molecular flexibility index (Phi) is 19.8. The number of hydrogen-bond donors (Lipinski definition) is 4. The van der Waals surface area contributed by atoms with E-state index in [-0.39, 0.29) is 32.8 Å². The van der Waals surface area contributed by atoms with Crippen molar-refractivity contribution < 1.29 is 10.2 Å². The Morgan fingerprint density at radius 2 is 0.730 bits per heavy atom. The molecule has 6 rings (SSSR count). The minimum atomic E-state index is -0.0822. The number of anilines is 4. The maximum absolute atomic E-state index is 10.7. The molecular weight excluding hydrogens is 901 g/mol. The summed E-state index contributed by atoms with van der Waals surface area (Å²) in [4.78, 5) is 0. The highest BCUT2D eigenvalue weighted by atomic mass is 16.3. The average Bonchev–Trinajstić information content (AvgIpc) is 3.21. The van der Waals surface area contributed by atoms with Crippen molar-refractivity contribution in [3.05, 3.63) is 178 Å². The summed E-state index contributed by atoms with van der Waals surface area (Å²) in [5, 5.41) is 27.0. The normalized spacial score (nSPS) is 12.8. The Hall–Kier alpha value is -5.48. The zero-order valence-electron chi connectivity index (χ0n) is 50.2. The van der Waals surface area contributed by atoms with E-state index >= 15 is 0 Å². The first-order valence-electron chi connectivity index (χ1n) is 27.3. The molecule has 0 atom stereocenters. The molecule has 4 nitrogen and oxygen atoms in total. The van der Waals surface area contributed by atoms with Crippen molar-refractivity contribution in [2.75, 3.05) is 10.6 Å². The molecule has 0 aliphatic rings. The number of nitrogens with one attached hydrogen (secondary N) is 2. The van der Waals surface area contributed by atoms with E-state index in [0.717, 1.165) is 54.0 Å². The molecule has 6 aromatic rings. The molecule has 0 saturated heterocycles. The number of aromatic hydroxyl groups is 2. The topological polar surface area (TPSA) is 64.5 Å². The Morgan fingerprint density at radius 3 is 1.14 bits per heavy atom. The predicted molar refractivity (Wildman–Crippen MR) is 324 cm³/mol. The lowest BCUT2D eigenvalue weighted by Crippen LogP contribution is -2.25. The summed E-state index contributed by atoms with van der Waals surface area (Å²) >= 11 is 0. The Balaban J connectivity index is 0.000000245. The van der Waals surface area contributed by atoms with Crippen molar-refractivity contribution in [1.82, 2.24) is 0 Å². The lowest BCUT2D eigenvalue weighted by atomic mass is 9.71. The van der Waals surface area contributed by atoms with Crippen molar-refractivity contribution in [2.45, 2.75) is 199 Å². The molecule has 0 radical (unpaired) electrons. The lowest BCUT2D eigenvalue weighted by molar-refractivity contribution is 0.278. The Labute approximate surface area is 452 Å². The smallest absolute Gasteiger partial charge is 0.121 e. The molecule has 4 heteroatoms. The van der Waals surface area contributed by atoms with Gasteiger partial charge in [-0.1, -0.05) is 223 Å². The van der Waals surface area contributed by atoms with Gasteiger partial charge in [0.1, 0.15) is 11.5 Å². The molecular formula is C70H100N2O2. The Morgan fingerprint density at radius 1 is 0.338 bits per heavy atom. The van der Waals surface area contributed by atoms with E-state index in [0.29, 0.717) is 22.0 Å². The largest absolute Gasteiger partial charge is 0.508 e. The summed E-state index contributed by atoms with van der Waals surface area (Å²) in [6, 6.07) is 48.1. The van der Waals surface area contributed by atoms with Crippen molar-refractivity contribution in [2.24, 2.45) is 21.7 Å². The van der Waals surface area contributed by atoms with Gasteiger partial charge >= 0.3 is 0 Å². The Bertz CT molecular complexity index is 2670. The number of rotatable bonds is 14. The summed E-state index contributed by atoms with van der Waals surface area (Å²) in [6.07, 6.45) is 5.48. The second kappa shape index (κ2) is 24.0. The van der Waals surface area contributed by atoms with E-state index in [4.69, 9.17) is 0 Å². The maximum atomic E-state index is 10.7. The van der Waals surface area contributed by atoms with Gasteiger partial charge in [-0.05, 0) is 164 Å². The summed E-state index contributed by atoms with van der Waals surface area (Å²) < 4.78 is 0. The number of hydrogen-bond acceptors (Lipinski definition) is 4. The van der Waals surface area contributed by atoms with Gasteiger partial charge in [-0.3, -0.25) is 0 Å². The summed E-state index contributed by atoms with van der Waals surface area (Å²) in [5.41, 5.74) is 14.8. The van der Waals surface area contributed by atoms with Crippen LogP contribution in [0.1, 0.15) is 203 Å². The number of benzene rings is 6. The molecule has 4 N–H and O–H groups in total. The molecule has 0 fully saturated rings. The third kappa shape index (κ3) is 20.3. The van der Waals surface area contributed by atoms with E-state index in [1.54, 1.807) is 12.1 Å². The molecule has 0 aromatic heterocycles. The van der Waals surface area contributed by atoms with E-state index in [2.05, 4.69) is 265 Å². The van der Waals surface area contributed by atoms with E-state index in [1.165, 1.54) is 39.8 Å². The van der Waals surface area contributed by atoms with Crippen LogP contribution in [0.3, 0.4) is 0 Å². The second-order valence-electron chi connectivity index (χ2n) is 29.0. The van der Waals surface area contributed by atoms with E-state index in [9.17, 15) is 10.2 Å². The summed E-state index contributed by atoms with van der Waals surface area (Å²) in [7, 11) is 0. The van der Waals surface area contributed by atoms with Gasteiger partial charge in [-0.25, -0.2) is 0 Å². The highest BCUT2D eigenvalue weighted by Crippen LogP contribution is 2.43. The monoisotopic (exact) mass is 1000 g/mol. The third-order valence-corrected chi connectivity index (χ3v) is 13.6. The van der Waals surface area contributed by atoms with Gasteiger partial charge in [0.25, 0.3) is 0 Å². The molecule has 0 saturated carbocycles. The highest BCUT2D eigenvalue weighted by molar-refractivity contribution is 5.64. The van der Waals surface area contributed by atoms with Crippen molar-refractivity contribution in [1.29, 1.82) is 0 Å². The molecule has 74 heavy (non-hydrogen) atoms. The molecule has 0 amide bonds. The van der Waals surface area contributed by atoms with Gasteiger partial charge in [0, 0.05) is 34.9 Å². The first-order valence-corrected chi connectivity index (χ1v) is 27.3. The summed E-state index contributed by atoms with van der Waals surface area (Å²) in [6.45, 7) is 48.1. The predicted octanol–water partition coefficient (Wildman–Crippen LogP) is 20.7. The first kappa shape index (κ1) is 61.1. The fourth-order valence-electron chi connectivity index (χ4n) is 12.2. The lowest BCUT2D eigenvalue weighted by Gasteiger charge is -2.34. The van der Waals surface area contributed by atoms with Crippen LogP contribution < -0.4 is 10.6 Å². The van der Waals surface area contributed by atoms with Crippen LogP contribution in [0.5, 0.6) is 11.5 Å². The number of aryl methyl sites for hydroxylation is 1. The van der Waals surface area contributed by atoms with Gasteiger partial charge < -0.3 is 20.8 Å². The van der Waals surface area contributed by atoms with E-state index in [1.807, 2.05) is 18.2 Å². The summed E-state index contributed by atoms with van der Waals surface area (Å²) in [5.74, 6) is 0.630.